The second-order valence-electron chi connectivity index (χ2n) is 4.79. The van der Waals surface area contributed by atoms with Crippen LogP contribution in [0.3, 0.4) is 0 Å². The molecule has 3 atom stereocenters. The van der Waals surface area contributed by atoms with E-state index in [1.165, 1.54) is 0 Å². The standard InChI is InChI=1S/C11H18N2O3/c12-8-4-1-5-11(8,10(15)16)9(14)7-3-2-6-13-7/h7-8,13H,1-6,12H2,(H,15,16)/t7-,8?,11?/m0/s1. The summed E-state index contributed by atoms with van der Waals surface area (Å²) in [7, 11) is 0. The summed E-state index contributed by atoms with van der Waals surface area (Å²) >= 11 is 0. The number of nitrogens with one attached hydrogen (secondary N) is 1. The zero-order valence-corrected chi connectivity index (χ0v) is 9.24. The maximum Gasteiger partial charge on any atom is 0.318 e. The first kappa shape index (κ1) is 11.5. The molecule has 1 aliphatic heterocycles. The maximum absolute atomic E-state index is 12.3. The molecule has 2 aliphatic rings. The lowest BCUT2D eigenvalue weighted by Crippen LogP contribution is -2.55. The molecule has 2 rings (SSSR count). The molecule has 0 bridgehead atoms. The van der Waals surface area contributed by atoms with E-state index < -0.39 is 17.4 Å². The Balaban J connectivity index is 2.25. The number of hydrogen-bond donors (Lipinski definition) is 3. The van der Waals surface area contributed by atoms with Gasteiger partial charge in [0.05, 0.1) is 6.04 Å². The van der Waals surface area contributed by atoms with Gasteiger partial charge in [0, 0.05) is 6.04 Å². The van der Waals surface area contributed by atoms with Gasteiger partial charge in [0.15, 0.2) is 5.78 Å². The van der Waals surface area contributed by atoms with Crippen LogP contribution in [0.1, 0.15) is 32.1 Å². The second-order valence-corrected chi connectivity index (χ2v) is 4.79. The number of ketones is 1. The normalized spacial score (nSPS) is 38.8. The highest BCUT2D eigenvalue weighted by Crippen LogP contribution is 2.40. The molecule has 0 aromatic rings. The SMILES string of the molecule is NC1CCCC1(C(=O)O)C(=O)[C@@H]1CCCN1. The molecule has 0 radical (unpaired) electrons. The van der Waals surface area contributed by atoms with Gasteiger partial charge in [-0.15, -0.1) is 0 Å². The van der Waals surface area contributed by atoms with Crippen LogP contribution in [-0.2, 0) is 9.59 Å². The quantitative estimate of drug-likeness (QED) is 0.584. The number of carbonyl (C=O) groups excluding carboxylic acids is 1. The van der Waals surface area contributed by atoms with Gasteiger partial charge in [-0.1, -0.05) is 6.42 Å². The molecule has 90 valence electrons. The maximum atomic E-state index is 12.3. The van der Waals surface area contributed by atoms with Crippen LogP contribution in [0.15, 0.2) is 0 Å². The van der Waals surface area contributed by atoms with E-state index >= 15 is 0 Å². The molecule has 0 aromatic heterocycles. The van der Waals surface area contributed by atoms with Crippen molar-refractivity contribution in [1.29, 1.82) is 0 Å². The molecule has 0 amide bonds. The predicted molar refractivity (Wildman–Crippen MR) is 57.9 cm³/mol. The summed E-state index contributed by atoms with van der Waals surface area (Å²) < 4.78 is 0. The van der Waals surface area contributed by atoms with Crippen LogP contribution in [0, 0.1) is 5.41 Å². The fourth-order valence-electron chi connectivity index (χ4n) is 2.93. The minimum absolute atomic E-state index is 0.206. The number of carbonyl (C=O) groups is 2. The van der Waals surface area contributed by atoms with E-state index in [0.717, 1.165) is 25.8 Å². The summed E-state index contributed by atoms with van der Waals surface area (Å²) in [4.78, 5) is 23.7. The fraction of sp³-hybridized carbons (Fsp3) is 0.818. The number of nitrogens with two attached hydrogens (primary N) is 1. The second kappa shape index (κ2) is 4.14. The van der Waals surface area contributed by atoms with E-state index in [1.54, 1.807) is 0 Å². The van der Waals surface area contributed by atoms with Crippen molar-refractivity contribution in [3.05, 3.63) is 0 Å². The van der Waals surface area contributed by atoms with Gasteiger partial charge in [-0.05, 0) is 32.2 Å². The molecule has 0 aromatic carbocycles. The average Bonchev–Trinajstić information content (AvgIpc) is 2.85. The number of hydrogen-bond acceptors (Lipinski definition) is 4. The highest BCUT2D eigenvalue weighted by molar-refractivity contribution is 6.06. The highest BCUT2D eigenvalue weighted by atomic mass is 16.4. The summed E-state index contributed by atoms with van der Waals surface area (Å²) in [5, 5.41) is 12.4. The van der Waals surface area contributed by atoms with Crippen molar-refractivity contribution in [1.82, 2.24) is 5.32 Å². The van der Waals surface area contributed by atoms with Gasteiger partial charge in [-0.3, -0.25) is 9.59 Å². The van der Waals surface area contributed by atoms with Crippen molar-refractivity contribution in [3.8, 4) is 0 Å². The van der Waals surface area contributed by atoms with Gasteiger partial charge in [0.2, 0.25) is 0 Å². The molecule has 5 heteroatoms. The Morgan fingerprint density at radius 3 is 2.50 bits per heavy atom. The van der Waals surface area contributed by atoms with Gasteiger partial charge in [0.1, 0.15) is 5.41 Å². The molecule has 5 nitrogen and oxygen atoms in total. The number of carboxylic acid groups (broad SMARTS) is 1. The Bertz CT molecular complexity index is 312. The lowest BCUT2D eigenvalue weighted by Gasteiger charge is -2.29. The van der Waals surface area contributed by atoms with Crippen LogP contribution in [0.5, 0.6) is 0 Å². The van der Waals surface area contributed by atoms with Crippen LogP contribution in [0.2, 0.25) is 0 Å². The van der Waals surface area contributed by atoms with Crippen molar-refractivity contribution < 1.29 is 14.7 Å². The Labute approximate surface area is 94.4 Å². The van der Waals surface area contributed by atoms with Crippen LogP contribution in [0.25, 0.3) is 0 Å². The smallest absolute Gasteiger partial charge is 0.318 e. The first-order chi connectivity index (χ1) is 7.59. The summed E-state index contributed by atoms with van der Waals surface area (Å²) in [6, 6.07) is -0.833. The van der Waals surface area contributed by atoms with Gasteiger partial charge in [0.25, 0.3) is 0 Å². The van der Waals surface area contributed by atoms with E-state index in [9.17, 15) is 14.7 Å². The van der Waals surface area contributed by atoms with Gasteiger partial charge >= 0.3 is 5.97 Å². The molecular formula is C11H18N2O3. The molecule has 2 fully saturated rings. The van der Waals surface area contributed by atoms with Crippen LogP contribution in [0.4, 0.5) is 0 Å². The molecule has 16 heavy (non-hydrogen) atoms. The lowest BCUT2D eigenvalue weighted by molar-refractivity contribution is -0.156. The molecule has 1 saturated heterocycles. The third-order valence-electron chi connectivity index (χ3n) is 3.92. The number of Topliss-reactive ketones (excluding diaryl/α,β-unsaturated/α-hetero) is 1. The van der Waals surface area contributed by atoms with Crippen LogP contribution < -0.4 is 11.1 Å². The molecule has 1 aliphatic carbocycles. The predicted octanol–water partition coefficient (Wildman–Crippen LogP) is -0.110. The number of aliphatic carboxylic acids is 1. The monoisotopic (exact) mass is 226 g/mol. The molecular weight excluding hydrogens is 208 g/mol. The molecule has 0 spiro atoms. The van der Waals surface area contributed by atoms with Crippen LogP contribution in [-0.4, -0.2) is 35.5 Å². The lowest BCUT2D eigenvalue weighted by atomic mass is 9.75. The minimum atomic E-state index is -1.33. The van der Waals surface area contributed by atoms with E-state index in [-0.39, 0.29) is 11.8 Å². The first-order valence-electron chi connectivity index (χ1n) is 5.85. The van der Waals surface area contributed by atoms with Crippen molar-refractivity contribution in [2.45, 2.75) is 44.2 Å². The van der Waals surface area contributed by atoms with E-state index in [4.69, 9.17) is 5.73 Å². The number of carboxylic acids is 1. The summed E-state index contributed by atoms with van der Waals surface area (Å²) in [5.41, 5.74) is 4.52. The fourth-order valence-corrected chi connectivity index (χ4v) is 2.93. The topological polar surface area (TPSA) is 92.4 Å². The van der Waals surface area contributed by atoms with Crippen molar-refractivity contribution in [2.24, 2.45) is 11.1 Å². The number of rotatable bonds is 3. The third kappa shape index (κ3) is 1.55. The third-order valence-corrected chi connectivity index (χ3v) is 3.92. The molecule has 4 N–H and O–H groups in total. The van der Waals surface area contributed by atoms with Crippen molar-refractivity contribution in [3.63, 3.8) is 0 Å². The zero-order chi connectivity index (χ0) is 11.8. The minimum Gasteiger partial charge on any atom is -0.480 e. The van der Waals surface area contributed by atoms with Crippen molar-refractivity contribution >= 4 is 11.8 Å². The summed E-state index contributed by atoms with van der Waals surface area (Å²) in [6.45, 7) is 0.793. The van der Waals surface area contributed by atoms with E-state index in [2.05, 4.69) is 5.32 Å². The largest absolute Gasteiger partial charge is 0.480 e. The molecule has 1 heterocycles. The Kier molecular flexibility index (Phi) is 2.99. The molecule has 2 unspecified atom stereocenters. The van der Waals surface area contributed by atoms with Gasteiger partial charge < -0.3 is 16.2 Å². The van der Waals surface area contributed by atoms with Crippen molar-refractivity contribution in [2.75, 3.05) is 6.54 Å². The average molecular weight is 226 g/mol. The Morgan fingerprint density at radius 2 is 2.06 bits per heavy atom. The summed E-state index contributed by atoms with van der Waals surface area (Å²) in [5.74, 6) is -1.25. The highest BCUT2D eigenvalue weighted by Gasteiger charge is 2.55. The van der Waals surface area contributed by atoms with Gasteiger partial charge in [-0.25, -0.2) is 0 Å². The van der Waals surface area contributed by atoms with E-state index in [0.29, 0.717) is 12.8 Å². The summed E-state index contributed by atoms with van der Waals surface area (Å²) in [6.07, 6.45) is 3.42. The molecule has 1 saturated carbocycles. The Hall–Kier alpha value is -0.940. The van der Waals surface area contributed by atoms with Crippen LogP contribution >= 0.6 is 0 Å². The Morgan fingerprint density at radius 1 is 1.31 bits per heavy atom. The zero-order valence-electron chi connectivity index (χ0n) is 9.24. The van der Waals surface area contributed by atoms with Gasteiger partial charge in [-0.2, -0.15) is 0 Å². The first-order valence-corrected chi connectivity index (χ1v) is 5.85. The van der Waals surface area contributed by atoms with E-state index in [1.807, 2.05) is 0 Å².